The van der Waals surface area contributed by atoms with Crippen LogP contribution in [0, 0.1) is 12.8 Å². The van der Waals surface area contributed by atoms with Crippen LogP contribution >= 0.6 is 11.3 Å². The summed E-state index contributed by atoms with van der Waals surface area (Å²) in [7, 11) is 0. The van der Waals surface area contributed by atoms with E-state index in [2.05, 4.69) is 10.6 Å². The topological polar surface area (TPSA) is 78.4 Å². The minimum atomic E-state index is -5.18. The fraction of sp³-hybridized carbons (Fsp3) is 0.294. The molecule has 1 aromatic heterocycles. The number of ketones is 1. The quantitative estimate of drug-likeness (QED) is 0.761. The van der Waals surface area contributed by atoms with E-state index in [-0.39, 0.29) is 4.88 Å². The Morgan fingerprint density at radius 1 is 1.23 bits per heavy atom. The van der Waals surface area contributed by atoms with Crippen molar-refractivity contribution in [3.05, 3.63) is 57.8 Å². The zero-order valence-corrected chi connectivity index (χ0v) is 14.3. The van der Waals surface area contributed by atoms with Crippen molar-refractivity contribution in [2.45, 2.75) is 24.9 Å². The van der Waals surface area contributed by atoms with E-state index in [0.717, 1.165) is 16.9 Å². The summed E-state index contributed by atoms with van der Waals surface area (Å²) in [5.41, 5.74) is -1.32. The number of carbonyl (C=O) groups is 2. The van der Waals surface area contributed by atoms with Gasteiger partial charge in [0, 0.05) is 0 Å². The zero-order chi connectivity index (χ0) is 19.1. The number of benzene rings is 1. The molecule has 1 fully saturated rings. The third kappa shape index (κ3) is 3.19. The van der Waals surface area contributed by atoms with Crippen LogP contribution in [0.25, 0.3) is 0 Å². The predicted molar refractivity (Wildman–Crippen MR) is 88.4 cm³/mol. The smallest absolute Gasteiger partial charge is 0.365 e. The van der Waals surface area contributed by atoms with E-state index in [1.165, 1.54) is 29.6 Å². The number of hydrogen-bond donors (Lipinski definition) is 3. The Hall–Kier alpha value is -2.39. The molecule has 3 N–H and O–H groups in total. The lowest BCUT2D eigenvalue weighted by Crippen LogP contribution is -2.66. The maximum absolute atomic E-state index is 13.3. The second-order valence-electron chi connectivity index (χ2n) is 6.07. The van der Waals surface area contributed by atoms with Crippen LogP contribution in [0.3, 0.4) is 0 Å². The van der Waals surface area contributed by atoms with E-state index in [1.807, 2.05) is 0 Å². The number of urea groups is 1. The van der Waals surface area contributed by atoms with Gasteiger partial charge in [-0.2, -0.15) is 13.2 Å². The van der Waals surface area contributed by atoms with Gasteiger partial charge in [-0.15, -0.1) is 11.3 Å². The number of thiophene rings is 1. The van der Waals surface area contributed by atoms with Gasteiger partial charge >= 0.3 is 12.2 Å². The lowest BCUT2D eigenvalue weighted by Gasteiger charge is -2.44. The number of carbonyl (C=O) groups excluding carboxylic acids is 2. The van der Waals surface area contributed by atoms with Crippen LogP contribution in [-0.2, 0) is 10.5 Å². The van der Waals surface area contributed by atoms with Crippen molar-refractivity contribution in [3.8, 4) is 0 Å². The highest BCUT2D eigenvalue weighted by Gasteiger charge is 2.59. The zero-order valence-electron chi connectivity index (χ0n) is 13.5. The Morgan fingerprint density at radius 2 is 1.88 bits per heavy atom. The highest BCUT2D eigenvalue weighted by atomic mass is 32.1. The average molecular weight is 384 g/mol. The number of hydrogen-bond acceptors (Lipinski definition) is 4. The molecule has 2 aromatic rings. The van der Waals surface area contributed by atoms with Crippen molar-refractivity contribution in [3.63, 3.8) is 0 Å². The Morgan fingerprint density at radius 3 is 2.42 bits per heavy atom. The van der Waals surface area contributed by atoms with E-state index in [9.17, 15) is 27.9 Å². The molecule has 5 nitrogen and oxygen atoms in total. The summed E-state index contributed by atoms with van der Waals surface area (Å²) in [6.07, 6.45) is -5.18. The van der Waals surface area contributed by atoms with Gasteiger partial charge in [-0.3, -0.25) is 4.79 Å². The van der Waals surface area contributed by atoms with Crippen molar-refractivity contribution in [2.24, 2.45) is 5.92 Å². The maximum Gasteiger partial charge on any atom is 0.450 e. The van der Waals surface area contributed by atoms with Crippen LogP contribution in [-0.4, -0.2) is 23.1 Å². The Kier molecular flexibility index (Phi) is 4.53. The van der Waals surface area contributed by atoms with Gasteiger partial charge in [0.15, 0.2) is 5.72 Å². The Bertz CT molecular complexity index is 821. The molecule has 1 aromatic carbocycles. The SMILES string of the molecule is Cc1ccc([C@@H]2NC(=O)N[C@](O)(c3cccs3)[C@H]2C(=O)C(F)(F)F)cc1. The van der Waals surface area contributed by atoms with Crippen molar-refractivity contribution in [2.75, 3.05) is 0 Å². The maximum atomic E-state index is 13.3. The molecule has 9 heteroatoms. The minimum Gasteiger partial charge on any atom is -0.365 e. The number of Topliss-reactive ketones (excluding diaryl/α,β-unsaturated/α-hetero) is 1. The second-order valence-corrected chi connectivity index (χ2v) is 7.02. The predicted octanol–water partition coefficient (Wildman–Crippen LogP) is 3.00. The molecule has 0 saturated carbocycles. The van der Waals surface area contributed by atoms with Gasteiger partial charge in [-0.25, -0.2) is 4.79 Å². The van der Waals surface area contributed by atoms with Crippen LogP contribution in [0.15, 0.2) is 41.8 Å². The summed E-state index contributed by atoms with van der Waals surface area (Å²) in [4.78, 5) is 24.3. The summed E-state index contributed by atoms with van der Waals surface area (Å²) < 4.78 is 39.8. The van der Waals surface area contributed by atoms with Crippen molar-refractivity contribution in [1.29, 1.82) is 0 Å². The number of amides is 2. The molecule has 3 rings (SSSR count). The van der Waals surface area contributed by atoms with Gasteiger partial charge in [0.05, 0.1) is 10.9 Å². The first-order valence-corrected chi connectivity index (χ1v) is 8.53. The molecule has 0 spiro atoms. The van der Waals surface area contributed by atoms with E-state index < -0.39 is 35.7 Å². The molecule has 0 aliphatic carbocycles. The molecular weight excluding hydrogens is 369 g/mol. The molecule has 0 radical (unpaired) electrons. The third-order valence-electron chi connectivity index (χ3n) is 4.27. The molecule has 2 heterocycles. The number of halogens is 3. The highest BCUT2D eigenvalue weighted by Crippen LogP contribution is 2.44. The molecule has 1 aliphatic rings. The van der Waals surface area contributed by atoms with E-state index in [0.29, 0.717) is 5.56 Å². The first kappa shape index (κ1) is 18.4. The molecule has 0 bridgehead atoms. The van der Waals surface area contributed by atoms with Crippen LogP contribution in [0.1, 0.15) is 22.0 Å². The molecule has 2 amide bonds. The van der Waals surface area contributed by atoms with Crippen LogP contribution in [0.4, 0.5) is 18.0 Å². The number of aryl methyl sites for hydroxylation is 1. The summed E-state index contributed by atoms with van der Waals surface area (Å²) in [6, 6.07) is 7.05. The van der Waals surface area contributed by atoms with Gasteiger partial charge in [0.1, 0.15) is 5.92 Å². The van der Waals surface area contributed by atoms with Crippen molar-refractivity contribution in [1.82, 2.24) is 10.6 Å². The summed E-state index contributed by atoms with van der Waals surface area (Å²) in [5, 5.41) is 17.0. The molecule has 3 atom stereocenters. The number of alkyl halides is 3. The third-order valence-corrected chi connectivity index (χ3v) is 5.26. The fourth-order valence-electron chi connectivity index (χ4n) is 3.03. The van der Waals surface area contributed by atoms with E-state index in [1.54, 1.807) is 19.1 Å². The fourth-order valence-corrected chi connectivity index (χ4v) is 3.85. The van der Waals surface area contributed by atoms with Gasteiger partial charge in [-0.1, -0.05) is 35.9 Å². The molecule has 1 saturated heterocycles. The lowest BCUT2D eigenvalue weighted by molar-refractivity contribution is -0.190. The Labute approximate surface area is 150 Å². The van der Waals surface area contributed by atoms with E-state index >= 15 is 0 Å². The monoisotopic (exact) mass is 384 g/mol. The lowest BCUT2D eigenvalue weighted by atomic mass is 9.78. The summed E-state index contributed by atoms with van der Waals surface area (Å²) in [6.45, 7) is 1.80. The molecule has 0 unspecified atom stereocenters. The van der Waals surface area contributed by atoms with Crippen molar-refractivity contribution >= 4 is 23.2 Å². The van der Waals surface area contributed by atoms with Gasteiger partial charge in [0.2, 0.25) is 5.78 Å². The first-order valence-electron chi connectivity index (χ1n) is 7.65. The molecule has 26 heavy (non-hydrogen) atoms. The van der Waals surface area contributed by atoms with Crippen molar-refractivity contribution < 1.29 is 27.9 Å². The first-order chi connectivity index (χ1) is 12.1. The normalized spacial score (nSPS) is 26.1. The van der Waals surface area contributed by atoms with Crippen LogP contribution < -0.4 is 10.6 Å². The van der Waals surface area contributed by atoms with Gasteiger partial charge < -0.3 is 15.7 Å². The van der Waals surface area contributed by atoms with Gasteiger partial charge in [-0.05, 0) is 23.9 Å². The van der Waals surface area contributed by atoms with E-state index in [4.69, 9.17) is 0 Å². The number of nitrogens with one attached hydrogen (secondary N) is 2. The van der Waals surface area contributed by atoms with Crippen LogP contribution in [0.2, 0.25) is 0 Å². The molecule has 1 aliphatic heterocycles. The standard InChI is InChI=1S/C17H15F3N2O3S/c1-9-4-6-10(7-5-9)13-12(14(23)17(18,19)20)16(25,22-15(24)21-13)11-3-2-8-26-11/h2-8,12-13,25H,1H3,(H2,21,22,24)/t12-,13+,16+/m1/s1. The summed E-state index contributed by atoms with van der Waals surface area (Å²) in [5.74, 6) is -4.10. The average Bonchev–Trinajstić information content (AvgIpc) is 3.08. The van der Waals surface area contributed by atoms with Gasteiger partial charge in [0.25, 0.3) is 0 Å². The number of rotatable bonds is 3. The second kappa shape index (κ2) is 6.40. The Balaban J connectivity index is 2.16. The summed E-state index contributed by atoms with van der Waals surface area (Å²) >= 11 is 0.950. The molecule has 138 valence electrons. The van der Waals surface area contributed by atoms with Crippen LogP contribution in [0.5, 0.6) is 0 Å². The minimum absolute atomic E-state index is 0.0482. The number of aliphatic hydroxyl groups is 1. The largest absolute Gasteiger partial charge is 0.450 e. The highest BCUT2D eigenvalue weighted by molar-refractivity contribution is 7.10. The molecular formula is C17H15F3N2O3S.